The molecule has 0 atom stereocenters. The first-order valence-electron chi connectivity index (χ1n) is 12.3. The van der Waals surface area contributed by atoms with Gasteiger partial charge in [-0.2, -0.15) is 0 Å². The largest absolute Gasteiger partial charge is 0.497 e. The minimum Gasteiger partial charge on any atom is -0.497 e. The lowest BCUT2D eigenvalue weighted by Crippen LogP contribution is -2.52. The van der Waals surface area contributed by atoms with Crippen molar-refractivity contribution < 1.29 is 9.53 Å². The highest BCUT2D eigenvalue weighted by Gasteiger charge is 2.51. The molecule has 170 valence electrons. The summed E-state index contributed by atoms with van der Waals surface area (Å²) in [6.45, 7) is 3.23. The molecule has 0 N–H and O–H groups in total. The lowest BCUT2D eigenvalue weighted by Gasteiger charge is -2.57. The molecule has 0 unspecified atom stereocenters. The van der Waals surface area contributed by atoms with Gasteiger partial charge in [0.15, 0.2) is 0 Å². The molecular weight excluding hydrogens is 400 g/mol. The molecule has 5 fully saturated rings. The molecule has 1 aromatic carbocycles. The fourth-order valence-electron chi connectivity index (χ4n) is 7.59. The molecule has 2 aromatic rings. The zero-order valence-corrected chi connectivity index (χ0v) is 19.1. The average Bonchev–Trinajstić information content (AvgIpc) is 3.28. The Morgan fingerprint density at radius 3 is 2.41 bits per heavy atom. The molecule has 6 heteroatoms. The number of imidazole rings is 1. The summed E-state index contributed by atoms with van der Waals surface area (Å²) in [5.41, 5.74) is 1.36. The van der Waals surface area contributed by atoms with Gasteiger partial charge in [0, 0.05) is 51.1 Å². The number of carbonyl (C=O) groups is 1. The molecule has 0 spiro atoms. The Balaban J connectivity index is 1.10. The Kier molecular flexibility index (Phi) is 4.92. The first-order valence-corrected chi connectivity index (χ1v) is 12.3. The van der Waals surface area contributed by atoms with E-state index in [0.29, 0.717) is 11.3 Å². The van der Waals surface area contributed by atoms with Crippen LogP contribution in [0.2, 0.25) is 0 Å². The van der Waals surface area contributed by atoms with Gasteiger partial charge in [-0.15, -0.1) is 0 Å². The lowest BCUT2D eigenvalue weighted by atomic mass is 9.49. The molecule has 4 bridgehead atoms. The van der Waals surface area contributed by atoms with Crippen LogP contribution in [0.25, 0.3) is 5.69 Å². The Bertz CT molecular complexity index is 956. The second-order valence-corrected chi connectivity index (χ2v) is 10.8. The summed E-state index contributed by atoms with van der Waals surface area (Å²) >= 11 is 0. The molecule has 1 amide bonds. The highest BCUT2D eigenvalue weighted by Crippen LogP contribution is 2.61. The van der Waals surface area contributed by atoms with Crippen molar-refractivity contribution in [2.45, 2.75) is 44.9 Å². The normalized spacial score (nSPS) is 31.2. The number of hydrogen-bond acceptors (Lipinski definition) is 4. The van der Waals surface area contributed by atoms with E-state index in [4.69, 9.17) is 4.74 Å². The monoisotopic (exact) mass is 434 g/mol. The van der Waals surface area contributed by atoms with Crippen LogP contribution in [0, 0.1) is 23.2 Å². The van der Waals surface area contributed by atoms with E-state index in [1.54, 1.807) is 7.11 Å². The summed E-state index contributed by atoms with van der Waals surface area (Å²) in [5, 5.41) is 0. The van der Waals surface area contributed by atoms with Gasteiger partial charge in [-0.25, -0.2) is 4.98 Å². The summed E-state index contributed by atoms with van der Waals surface area (Å²) in [7, 11) is 1.69. The number of amides is 1. The Hall–Kier alpha value is -2.50. The Morgan fingerprint density at radius 1 is 1.06 bits per heavy atom. The summed E-state index contributed by atoms with van der Waals surface area (Å²) in [6.07, 6.45) is 12.9. The zero-order chi connectivity index (χ0) is 21.7. The van der Waals surface area contributed by atoms with Crippen LogP contribution in [0.5, 0.6) is 5.75 Å². The molecular formula is C26H34N4O2. The minimum absolute atomic E-state index is 0.325. The van der Waals surface area contributed by atoms with Crippen molar-refractivity contribution in [2.75, 3.05) is 38.2 Å². The smallest absolute Gasteiger partial charge is 0.223 e. The van der Waals surface area contributed by atoms with E-state index in [1.807, 2.05) is 30.6 Å². The van der Waals surface area contributed by atoms with E-state index in [1.165, 1.54) is 38.5 Å². The third kappa shape index (κ3) is 3.57. The van der Waals surface area contributed by atoms with Gasteiger partial charge in [0.25, 0.3) is 0 Å². The van der Waals surface area contributed by atoms with Crippen LogP contribution in [-0.4, -0.2) is 53.6 Å². The number of hydrogen-bond donors (Lipinski definition) is 0. The third-order valence-electron chi connectivity index (χ3n) is 8.56. The molecule has 1 aromatic heterocycles. The summed E-state index contributed by atoms with van der Waals surface area (Å²) < 4.78 is 7.49. The van der Waals surface area contributed by atoms with Gasteiger partial charge in [-0.3, -0.25) is 9.36 Å². The fraction of sp³-hybridized carbons (Fsp3) is 0.615. The first kappa shape index (κ1) is 20.1. The van der Waals surface area contributed by atoms with Crippen LogP contribution in [-0.2, 0) is 4.79 Å². The van der Waals surface area contributed by atoms with E-state index in [-0.39, 0.29) is 0 Å². The van der Waals surface area contributed by atoms with Gasteiger partial charge in [0.05, 0.1) is 12.8 Å². The number of ether oxygens (including phenoxy) is 1. The second-order valence-electron chi connectivity index (χ2n) is 10.8. The molecule has 2 heterocycles. The molecule has 32 heavy (non-hydrogen) atoms. The highest BCUT2D eigenvalue weighted by molar-refractivity contribution is 5.77. The number of aromatic nitrogens is 2. The van der Waals surface area contributed by atoms with Gasteiger partial charge in [-0.1, -0.05) is 6.07 Å². The van der Waals surface area contributed by atoms with Crippen molar-refractivity contribution in [3.05, 3.63) is 36.7 Å². The second kappa shape index (κ2) is 7.82. The maximum absolute atomic E-state index is 13.3. The maximum Gasteiger partial charge on any atom is 0.223 e. The number of piperazine rings is 1. The molecule has 7 rings (SSSR count). The molecule has 1 aliphatic heterocycles. The van der Waals surface area contributed by atoms with Crippen molar-refractivity contribution in [1.29, 1.82) is 0 Å². The number of benzene rings is 1. The van der Waals surface area contributed by atoms with Crippen molar-refractivity contribution >= 4 is 11.9 Å². The van der Waals surface area contributed by atoms with Crippen LogP contribution >= 0.6 is 0 Å². The van der Waals surface area contributed by atoms with E-state index in [2.05, 4.69) is 25.4 Å². The van der Waals surface area contributed by atoms with Gasteiger partial charge in [0.2, 0.25) is 11.9 Å². The Morgan fingerprint density at radius 2 is 1.75 bits per heavy atom. The van der Waals surface area contributed by atoms with Crippen LogP contribution in [0.1, 0.15) is 44.9 Å². The van der Waals surface area contributed by atoms with Crippen molar-refractivity contribution in [1.82, 2.24) is 14.5 Å². The minimum atomic E-state index is 0.325. The summed E-state index contributed by atoms with van der Waals surface area (Å²) in [5.74, 6) is 4.88. The first-order chi connectivity index (χ1) is 15.6. The quantitative estimate of drug-likeness (QED) is 0.710. The van der Waals surface area contributed by atoms with Crippen LogP contribution < -0.4 is 9.64 Å². The lowest BCUT2D eigenvalue weighted by molar-refractivity contribution is -0.139. The van der Waals surface area contributed by atoms with Gasteiger partial charge in [-0.05, 0) is 73.8 Å². The van der Waals surface area contributed by atoms with Gasteiger partial charge >= 0.3 is 0 Å². The predicted octanol–water partition coefficient (Wildman–Crippen LogP) is 4.14. The highest BCUT2D eigenvalue weighted by atomic mass is 16.5. The average molecular weight is 435 g/mol. The fourth-order valence-corrected chi connectivity index (χ4v) is 7.59. The third-order valence-corrected chi connectivity index (χ3v) is 8.56. The van der Waals surface area contributed by atoms with E-state index in [0.717, 1.165) is 67.7 Å². The number of anilines is 1. The topological polar surface area (TPSA) is 50.6 Å². The van der Waals surface area contributed by atoms with E-state index < -0.39 is 0 Å². The maximum atomic E-state index is 13.3. The van der Waals surface area contributed by atoms with Crippen LogP contribution in [0.4, 0.5) is 5.95 Å². The molecule has 0 radical (unpaired) electrons. The number of carbonyl (C=O) groups excluding carboxylic acids is 1. The Labute approximate surface area is 190 Å². The molecule has 4 aliphatic carbocycles. The number of rotatable bonds is 5. The molecule has 1 saturated heterocycles. The predicted molar refractivity (Wildman–Crippen MR) is 124 cm³/mol. The van der Waals surface area contributed by atoms with Crippen LogP contribution in [0.15, 0.2) is 36.7 Å². The van der Waals surface area contributed by atoms with Crippen molar-refractivity contribution in [2.24, 2.45) is 23.2 Å². The van der Waals surface area contributed by atoms with Crippen molar-refractivity contribution in [3.8, 4) is 11.4 Å². The van der Waals surface area contributed by atoms with E-state index in [9.17, 15) is 4.79 Å². The van der Waals surface area contributed by atoms with Crippen molar-refractivity contribution in [3.63, 3.8) is 0 Å². The van der Waals surface area contributed by atoms with Crippen LogP contribution in [0.3, 0.4) is 0 Å². The van der Waals surface area contributed by atoms with Gasteiger partial charge < -0.3 is 14.5 Å². The standard InChI is InChI=1S/C26H34N4O2/c1-32-23-4-2-3-22(14-23)30-6-5-27-25(30)29-9-7-28(8-10-29)24(31)18-26-15-19-11-20(16-26)13-21(12-19)17-26/h2-6,14,19-21H,7-13,15-18H2,1H3. The SMILES string of the molecule is COc1cccc(-n2ccnc2N2CCN(C(=O)CC34CC5CC(CC(C5)C3)C4)CC2)c1. The zero-order valence-electron chi connectivity index (χ0n) is 19.1. The summed E-state index contributed by atoms with van der Waals surface area (Å²) in [6, 6.07) is 8.04. The number of methoxy groups -OCH3 is 1. The molecule has 6 nitrogen and oxygen atoms in total. The molecule has 4 saturated carbocycles. The van der Waals surface area contributed by atoms with Gasteiger partial charge in [0.1, 0.15) is 5.75 Å². The molecule has 5 aliphatic rings. The van der Waals surface area contributed by atoms with E-state index >= 15 is 0 Å². The summed E-state index contributed by atoms with van der Waals surface area (Å²) in [4.78, 5) is 22.4. The number of nitrogens with zero attached hydrogens (tertiary/aromatic N) is 4.